The first-order valence-corrected chi connectivity index (χ1v) is 5.90. The molecule has 0 aromatic heterocycles. The number of aliphatic hydroxyl groups is 1. The summed E-state index contributed by atoms with van der Waals surface area (Å²) in [6.07, 6.45) is 1.52. The lowest BCUT2D eigenvalue weighted by Crippen LogP contribution is -2.66. The van der Waals surface area contributed by atoms with Crippen molar-refractivity contribution >= 4 is 10.0 Å². The van der Waals surface area contributed by atoms with Crippen molar-refractivity contribution in [2.75, 3.05) is 13.1 Å². The molecule has 1 aliphatic carbocycles. The van der Waals surface area contributed by atoms with Gasteiger partial charge in [-0.2, -0.15) is 17.5 Å². The van der Waals surface area contributed by atoms with Crippen molar-refractivity contribution < 1.29 is 26.7 Å². The molecule has 8 heteroatoms. The van der Waals surface area contributed by atoms with E-state index in [-0.39, 0.29) is 10.2 Å². The molecule has 0 atom stereocenters. The number of hydrogen-bond donors (Lipinski definition) is 1. The van der Waals surface area contributed by atoms with E-state index in [0.29, 0.717) is 0 Å². The van der Waals surface area contributed by atoms with Gasteiger partial charge in [0.25, 0.3) is 0 Å². The van der Waals surface area contributed by atoms with E-state index in [4.69, 9.17) is 0 Å². The van der Waals surface area contributed by atoms with Gasteiger partial charge >= 0.3 is 15.5 Å². The first kappa shape index (κ1) is 11.2. The highest BCUT2D eigenvalue weighted by Gasteiger charge is 2.61. The van der Waals surface area contributed by atoms with Gasteiger partial charge in [0, 0.05) is 13.1 Å². The Morgan fingerprint density at radius 3 is 2.07 bits per heavy atom. The lowest BCUT2D eigenvalue weighted by molar-refractivity contribution is -0.0939. The Labute approximate surface area is 84.7 Å². The summed E-state index contributed by atoms with van der Waals surface area (Å²) >= 11 is 0. The third-order valence-electron chi connectivity index (χ3n) is 2.87. The van der Waals surface area contributed by atoms with Crippen LogP contribution in [0.25, 0.3) is 0 Å². The van der Waals surface area contributed by atoms with Gasteiger partial charge in [-0.3, -0.25) is 0 Å². The molecule has 0 spiro atoms. The molecule has 2 fully saturated rings. The van der Waals surface area contributed by atoms with Crippen LogP contribution in [0.1, 0.15) is 12.8 Å². The van der Waals surface area contributed by atoms with Crippen molar-refractivity contribution in [2.45, 2.75) is 24.0 Å². The maximum absolute atomic E-state index is 12.1. The summed E-state index contributed by atoms with van der Waals surface area (Å²) in [5, 5.41) is 9.68. The number of sulfonamides is 1. The fourth-order valence-corrected chi connectivity index (χ4v) is 2.84. The number of β-amino-alcohol motifs (C(OH)–C–C–N with tert-alkyl or cyclic N) is 1. The number of rotatable bonds is 2. The van der Waals surface area contributed by atoms with Crippen molar-refractivity contribution in [1.29, 1.82) is 0 Å². The van der Waals surface area contributed by atoms with Gasteiger partial charge in [-0.25, -0.2) is 8.42 Å². The molecule has 15 heavy (non-hydrogen) atoms. The normalized spacial score (nSPS) is 27.5. The summed E-state index contributed by atoms with van der Waals surface area (Å²) in [7, 11) is -5.24. The fourth-order valence-electron chi connectivity index (χ4n) is 1.76. The summed E-state index contributed by atoms with van der Waals surface area (Å²) in [5.74, 6) is -0.0304. The smallest absolute Gasteiger partial charge is 0.387 e. The van der Waals surface area contributed by atoms with Crippen molar-refractivity contribution in [3.8, 4) is 0 Å². The van der Waals surface area contributed by atoms with E-state index >= 15 is 0 Å². The number of alkyl halides is 3. The van der Waals surface area contributed by atoms with Crippen LogP contribution in [-0.4, -0.2) is 42.0 Å². The Morgan fingerprint density at radius 1 is 1.27 bits per heavy atom. The number of halogens is 3. The minimum Gasteiger partial charge on any atom is -0.387 e. The van der Waals surface area contributed by atoms with Crippen LogP contribution in [0.15, 0.2) is 0 Å². The van der Waals surface area contributed by atoms with Gasteiger partial charge in [-0.05, 0) is 18.8 Å². The van der Waals surface area contributed by atoms with Crippen LogP contribution in [-0.2, 0) is 10.0 Å². The molecule has 2 aliphatic rings. The molecule has 0 aromatic carbocycles. The molecule has 2 rings (SSSR count). The van der Waals surface area contributed by atoms with E-state index in [0.717, 1.165) is 12.8 Å². The second-order valence-electron chi connectivity index (χ2n) is 4.10. The molecule has 1 saturated carbocycles. The van der Waals surface area contributed by atoms with E-state index < -0.39 is 34.2 Å². The Balaban J connectivity index is 2.05. The van der Waals surface area contributed by atoms with Gasteiger partial charge in [0.05, 0.1) is 5.60 Å². The van der Waals surface area contributed by atoms with Crippen LogP contribution < -0.4 is 0 Å². The largest absolute Gasteiger partial charge is 0.511 e. The summed E-state index contributed by atoms with van der Waals surface area (Å²) in [5.41, 5.74) is -6.49. The van der Waals surface area contributed by atoms with Crippen LogP contribution in [0, 0.1) is 5.92 Å². The molecular weight excluding hydrogens is 235 g/mol. The fraction of sp³-hybridized carbons (Fsp3) is 1.00. The molecule has 0 amide bonds. The molecular formula is C7H10F3NO3S. The van der Waals surface area contributed by atoms with Gasteiger partial charge in [0.2, 0.25) is 0 Å². The summed E-state index contributed by atoms with van der Waals surface area (Å²) in [6.45, 7) is -0.862. The Kier molecular flexibility index (Phi) is 2.13. The molecule has 0 bridgehead atoms. The zero-order chi connectivity index (χ0) is 11.5. The highest BCUT2D eigenvalue weighted by molar-refractivity contribution is 7.90. The van der Waals surface area contributed by atoms with E-state index in [9.17, 15) is 26.7 Å². The average Bonchev–Trinajstić information content (AvgIpc) is 2.77. The van der Waals surface area contributed by atoms with Crippen LogP contribution in [0.5, 0.6) is 0 Å². The molecule has 0 unspecified atom stereocenters. The molecule has 1 aliphatic heterocycles. The lowest BCUT2D eigenvalue weighted by Gasteiger charge is -2.45. The maximum atomic E-state index is 12.1. The predicted octanol–water partition coefficient (Wildman–Crippen LogP) is 0.293. The lowest BCUT2D eigenvalue weighted by atomic mass is 9.91. The van der Waals surface area contributed by atoms with E-state index in [1.807, 2.05) is 0 Å². The van der Waals surface area contributed by atoms with Crippen molar-refractivity contribution in [3.05, 3.63) is 0 Å². The van der Waals surface area contributed by atoms with Crippen LogP contribution in [0.4, 0.5) is 13.2 Å². The Morgan fingerprint density at radius 2 is 1.73 bits per heavy atom. The second-order valence-corrected chi connectivity index (χ2v) is 6.03. The molecule has 0 aromatic rings. The van der Waals surface area contributed by atoms with Crippen molar-refractivity contribution in [1.82, 2.24) is 4.31 Å². The molecule has 1 saturated heterocycles. The minimum absolute atomic E-state index is 0.0304. The first-order chi connectivity index (χ1) is 6.67. The van der Waals surface area contributed by atoms with Gasteiger partial charge in [0.15, 0.2) is 0 Å². The number of nitrogens with zero attached hydrogens (tertiary/aromatic N) is 1. The van der Waals surface area contributed by atoms with Crippen LogP contribution in [0.3, 0.4) is 0 Å². The van der Waals surface area contributed by atoms with Gasteiger partial charge < -0.3 is 5.11 Å². The monoisotopic (exact) mass is 245 g/mol. The SMILES string of the molecule is O=S(=O)(N1CC(O)(C2CC2)C1)C(F)(F)F. The zero-order valence-electron chi connectivity index (χ0n) is 7.66. The van der Waals surface area contributed by atoms with Gasteiger partial charge in [-0.15, -0.1) is 0 Å². The Bertz CT molecular complexity index is 367. The molecule has 88 valence electrons. The third-order valence-corrected chi connectivity index (χ3v) is 4.39. The number of hydrogen-bond acceptors (Lipinski definition) is 3. The van der Waals surface area contributed by atoms with Crippen LogP contribution >= 0.6 is 0 Å². The average molecular weight is 245 g/mol. The van der Waals surface area contributed by atoms with Crippen molar-refractivity contribution in [3.63, 3.8) is 0 Å². The first-order valence-electron chi connectivity index (χ1n) is 4.46. The predicted molar refractivity (Wildman–Crippen MR) is 44.2 cm³/mol. The molecule has 0 radical (unpaired) electrons. The van der Waals surface area contributed by atoms with Gasteiger partial charge in [0.1, 0.15) is 0 Å². The molecule has 4 nitrogen and oxygen atoms in total. The van der Waals surface area contributed by atoms with Crippen LogP contribution in [0.2, 0.25) is 0 Å². The highest BCUT2D eigenvalue weighted by atomic mass is 32.2. The highest BCUT2D eigenvalue weighted by Crippen LogP contribution is 2.46. The molecule has 1 N–H and O–H groups in total. The zero-order valence-corrected chi connectivity index (χ0v) is 8.48. The van der Waals surface area contributed by atoms with E-state index in [1.165, 1.54) is 0 Å². The second kappa shape index (κ2) is 2.86. The summed E-state index contributed by atoms with van der Waals surface area (Å²) < 4.78 is 58.2. The summed E-state index contributed by atoms with van der Waals surface area (Å²) in [6, 6.07) is 0. The molecule has 1 heterocycles. The van der Waals surface area contributed by atoms with E-state index in [1.54, 1.807) is 0 Å². The maximum Gasteiger partial charge on any atom is 0.511 e. The van der Waals surface area contributed by atoms with Crippen molar-refractivity contribution in [2.24, 2.45) is 5.92 Å². The minimum atomic E-state index is -5.27. The quantitative estimate of drug-likeness (QED) is 0.761. The third kappa shape index (κ3) is 1.64. The summed E-state index contributed by atoms with van der Waals surface area (Å²) in [4.78, 5) is 0. The van der Waals surface area contributed by atoms with E-state index in [2.05, 4.69) is 0 Å². The Hall–Kier alpha value is -0.340. The van der Waals surface area contributed by atoms with Gasteiger partial charge in [-0.1, -0.05) is 0 Å². The topological polar surface area (TPSA) is 57.6 Å². The standard InChI is InChI=1S/C7H10F3NO3S/c8-7(9,10)15(13,14)11-3-6(12,4-11)5-1-2-5/h5,12H,1-4H2.